The molecule has 1 fully saturated rings. The van der Waals surface area contributed by atoms with Gasteiger partial charge < -0.3 is 29.9 Å². The van der Waals surface area contributed by atoms with Crippen molar-refractivity contribution in [2.75, 3.05) is 6.61 Å². The fourth-order valence-electron chi connectivity index (χ4n) is 5.17. The summed E-state index contributed by atoms with van der Waals surface area (Å²) in [6.45, 7) is 13.1. The molecule has 2 aliphatic heterocycles. The fraction of sp³-hybridized carbons (Fsp3) is 0.688. The first-order valence-corrected chi connectivity index (χ1v) is 14.6. The number of hydrogen-bond donors (Lipinski definition) is 4. The normalized spacial score (nSPS) is 40.1. The van der Waals surface area contributed by atoms with Gasteiger partial charge in [0.2, 0.25) is 0 Å². The summed E-state index contributed by atoms with van der Waals surface area (Å²) in [6, 6.07) is 0. The topological polar surface area (TPSA) is 137 Å². The van der Waals surface area contributed by atoms with Gasteiger partial charge in [-0.1, -0.05) is 62.8 Å². The Bertz CT molecular complexity index is 951. The van der Waals surface area contributed by atoms with Crippen molar-refractivity contribution >= 4 is 11.8 Å². The fourth-order valence-corrected chi connectivity index (χ4v) is 5.17. The van der Waals surface area contributed by atoms with Gasteiger partial charge in [-0.25, -0.2) is 4.79 Å². The van der Waals surface area contributed by atoms with E-state index in [0.717, 1.165) is 30.4 Å². The Hall–Kier alpha value is -2.10. The molecule has 0 unspecified atom stereocenters. The van der Waals surface area contributed by atoms with Crippen molar-refractivity contribution in [1.29, 1.82) is 0 Å². The Morgan fingerprint density at radius 2 is 1.70 bits per heavy atom. The summed E-state index contributed by atoms with van der Waals surface area (Å²) in [5, 5.41) is 41.3. The third-order valence-corrected chi connectivity index (χ3v) is 7.92. The molecule has 40 heavy (non-hydrogen) atoms. The molecular formula is C32H50O8. The quantitative estimate of drug-likeness (QED) is 0.214. The molecular weight excluding hydrogens is 512 g/mol. The molecule has 8 nitrogen and oxygen atoms in total. The summed E-state index contributed by atoms with van der Waals surface area (Å²) < 4.78 is 11.2. The molecule has 226 valence electrons. The molecule has 0 spiro atoms. The highest BCUT2D eigenvalue weighted by Crippen LogP contribution is 2.32. The summed E-state index contributed by atoms with van der Waals surface area (Å²) in [5.74, 6) is -1.49. The highest BCUT2D eigenvalue weighted by Gasteiger charge is 2.37. The lowest BCUT2D eigenvalue weighted by molar-refractivity contribution is -0.149. The third kappa shape index (κ3) is 11.4. The van der Waals surface area contributed by atoms with Crippen molar-refractivity contribution in [3.63, 3.8) is 0 Å². The number of ketones is 1. The molecule has 0 aliphatic carbocycles. The van der Waals surface area contributed by atoms with Gasteiger partial charge in [0.05, 0.1) is 24.9 Å². The summed E-state index contributed by atoms with van der Waals surface area (Å²) in [6.07, 6.45) is 6.52. The van der Waals surface area contributed by atoms with E-state index >= 15 is 0 Å². The molecule has 4 N–H and O–H groups in total. The highest BCUT2D eigenvalue weighted by atomic mass is 16.6. The molecule has 2 rings (SSSR count). The molecule has 0 aromatic heterocycles. The average Bonchev–Trinajstić information content (AvgIpc) is 3.62. The van der Waals surface area contributed by atoms with Crippen molar-refractivity contribution in [1.82, 2.24) is 0 Å². The van der Waals surface area contributed by atoms with Gasteiger partial charge in [-0.2, -0.15) is 0 Å². The molecule has 0 aromatic carbocycles. The number of aliphatic hydroxyl groups is 4. The van der Waals surface area contributed by atoms with E-state index in [1.54, 1.807) is 19.9 Å². The Labute approximate surface area is 239 Å². The van der Waals surface area contributed by atoms with Crippen LogP contribution in [0.15, 0.2) is 47.6 Å². The zero-order valence-corrected chi connectivity index (χ0v) is 24.8. The predicted molar refractivity (Wildman–Crippen MR) is 154 cm³/mol. The first kappa shape index (κ1) is 34.1. The summed E-state index contributed by atoms with van der Waals surface area (Å²) in [5.41, 5.74) is 2.47. The van der Waals surface area contributed by atoms with Crippen LogP contribution in [-0.2, 0) is 19.1 Å². The lowest BCUT2D eigenvalue weighted by Crippen LogP contribution is -2.41. The number of allylic oxidation sites excluding steroid dienone is 5. The number of hydrogen-bond acceptors (Lipinski definition) is 8. The van der Waals surface area contributed by atoms with E-state index in [0.29, 0.717) is 24.3 Å². The SMILES string of the molecule is C=C1/C=C(\C)[C@@H](C)C[C@H](O)CC(=O)[C@H](O)[C@@H](O)[C@H](C)C[C@H](CO)OC(=O)/C(C)=C/CC/C=C/[C@H]2O[C@H]2C[C@H](C)C1. The molecule has 0 bridgehead atoms. The largest absolute Gasteiger partial charge is 0.457 e. The maximum atomic E-state index is 12.6. The zero-order valence-electron chi connectivity index (χ0n) is 24.8. The van der Waals surface area contributed by atoms with E-state index in [1.165, 1.54) is 0 Å². The van der Waals surface area contributed by atoms with Gasteiger partial charge in [0.1, 0.15) is 18.3 Å². The van der Waals surface area contributed by atoms with Crippen molar-refractivity contribution in [2.24, 2.45) is 17.8 Å². The molecule has 2 aliphatic rings. The van der Waals surface area contributed by atoms with Gasteiger partial charge in [-0.05, 0) is 70.1 Å². The van der Waals surface area contributed by atoms with E-state index in [2.05, 4.69) is 25.7 Å². The number of epoxide rings is 1. The number of cyclic esters (lactones) is 1. The van der Waals surface area contributed by atoms with Crippen LogP contribution in [0.2, 0.25) is 0 Å². The van der Waals surface area contributed by atoms with Gasteiger partial charge in [0.25, 0.3) is 0 Å². The second-order valence-corrected chi connectivity index (χ2v) is 11.9. The lowest BCUT2D eigenvalue weighted by atomic mass is 9.88. The Balaban J connectivity index is 2.13. The zero-order chi connectivity index (χ0) is 30.0. The molecule has 0 aromatic rings. The van der Waals surface area contributed by atoms with E-state index in [9.17, 15) is 30.0 Å². The monoisotopic (exact) mass is 562 g/mol. The van der Waals surface area contributed by atoms with Crippen molar-refractivity contribution in [3.05, 3.63) is 47.6 Å². The lowest BCUT2D eigenvalue weighted by Gasteiger charge is -2.27. The number of aliphatic hydroxyl groups excluding tert-OH is 4. The second kappa shape index (κ2) is 16.4. The van der Waals surface area contributed by atoms with Gasteiger partial charge >= 0.3 is 5.97 Å². The first-order valence-electron chi connectivity index (χ1n) is 14.6. The van der Waals surface area contributed by atoms with Crippen molar-refractivity contribution in [3.8, 4) is 0 Å². The highest BCUT2D eigenvalue weighted by molar-refractivity contribution is 5.87. The maximum Gasteiger partial charge on any atom is 0.333 e. The average molecular weight is 563 g/mol. The summed E-state index contributed by atoms with van der Waals surface area (Å²) in [4.78, 5) is 25.1. The molecule has 2 heterocycles. The van der Waals surface area contributed by atoms with Crippen LogP contribution in [0.3, 0.4) is 0 Å². The minimum absolute atomic E-state index is 0.00630. The van der Waals surface area contributed by atoms with Gasteiger partial charge in [-0.15, -0.1) is 0 Å². The maximum absolute atomic E-state index is 12.6. The Kier molecular flexibility index (Phi) is 14.0. The molecule has 1 saturated heterocycles. The Morgan fingerprint density at radius 3 is 2.38 bits per heavy atom. The van der Waals surface area contributed by atoms with E-state index in [4.69, 9.17) is 9.47 Å². The van der Waals surface area contributed by atoms with Crippen molar-refractivity contribution in [2.45, 2.75) is 116 Å². The van der Waals surface area contributed by atoms with Crippen LogP contribution in [0.1, 0.15) is 79.6 Å². The smallest absolute Gasteiger partial charge is 0.333 e. The summed E-state index contributed by atoms with van der Waals surface area (Å²) >= 11 is 0. The van der Waals surface area contributed by atoms with E-state index < -0.39 is 48.7 Å². The van der Waals surface area contributed by atoms with Crippen LogP contribution in [0, 0.1) is 17.8 Å². The standard InChI is InChI=1S/C32H50O8/c1-19-12-20(2)14-29-28(40-29)11-9-7-8-10-21(3)32(38)39-26(18-33)16-24(6)30(36)31(37)27(35)17-25(34)15-23(5)22(4)13-19/h9-11,13,20,23-26,28-31,33-34,36-37H,1,7-8,12,14-18H2,2-6H3/b11-9+,21-10+,22-13+/t20-,23+,24-,25+,26-,28-,29+,30+,31+/m1/s1. The third-order valence-electron chi connectivity index (χ3n) is 7.92. The van der Waals surface area contributed by atoms with Crippen LogP contribution < -0.4 is 0 Å². The number of fused-ring (bicyclic) bond motifs is 1. The van der Waals surface area contributed by atoms with Crippen LogP contribution in [0.5, 0.6) is 0 Å². The van der Waals surface area contributed by atoms with Crippen LogP contribution in [0.4, 0.5) is 0 Å². The minimum atomic E-state index is -1.70. The molecule has 0 radical (unpaired) electrons. The van der Waals surface area contributed by atoms with E-state index in [1.807, 2.05) is 19.9 Å². The molecule has 9 atom stereocenters. The number of esters is 1. The Morgan fingerprint density at radius 1 is 1.00 bits per heavy atom. The van der Waals surface area contributed by atoms with Crippen molar-refractivity contribution < 1.29 is 39.5 Å². The number of Topliss-reactive ketones (excluding diaryl/α,β-unsaturated/α-hetero) is 1. The minimum Gasteiger partial charge on any atom is -0.457 e. The van der Waals surface area contributed by atoms with Crippen LogP contribution in [-0.4, -0.2) is 75.4 Å². The molecule has 8 heteroatoms. The van der Waals surface area contributed by atoms with Crippen LogP contribution >= 0.6 is 0 Å². The number of rotatable bonds is 1. The van der Waals surface area contributed by atoms with Gasteiger partial charge in [-0.3, -0.25) is 4.79 Å². The molecule has 0 saturated carbocycles. The van der Waals surface area contributed by atoms with E-state index in [-0.39, 0.29) is 31.0 Å². The first-order chi connectivity index (χ1) is 18.8. The summed E-state index contributed by atoms with van der Waals surface area (Å²) in [7, 11) is 0. The molecule has 0 amide bonds. The van der Waals surface area contributed by atoms with Gasteiger partial charge in [0, 0.05) is 12.0 Å². The van der Waals surface area contributed by atoms with Crippen LogP contribution in [0.25, 0.3) is 0 Å². The number of carbonyl (C=O) groups excluding carboxylic acids is 2. The van der Waals surface area contributed by atoms with Gasteiger partial charge in [0.15, 0.2) is 5.78 Å². The number of ether oxygens (including phenoxy) is 2. The predicted octanol–water partition coefficient (Wildman–Crippen LogP) is 3.97. The second-order valence-electron chi connectivity index (χ2n) is 11.9. The number of carbonyl (C=O) groups is 2.